The van der Waals surface area contributed by atoms with Crippen molar-refractivity contribution < 1.29 is 29.4 Å². The molecular weight excluding hydrogens is 282 g/mol. The van der Waals surface area contributed by atoms with E-state index >= 15 is 0 Å². The Hall–Kier alpha value is -2.16. The summed E-state index contributed by atoms with van der Waals surface area (Å²) < 4.78 is 0. The number of carbonyl (C=O) groups is 4. The van der Waals surface area contributed by atoms with Gasteiger partial charge in [0.05, 0.1) is 6.10 Å². The number of amides is 4. The normalized spacial score (nSPS) is 29.7. The smallest absolute Gasteiger partial charge is 0.326 e. The summed E-state index contributed by atoms with van der Waals surface area (Å²) >= 11 is 0. The minimum Gasteiger partial charge on any atom is -0.480 e. The van der Waals surface area contributed by atoms with Gasteiger partial charge in [-0.25, -0.2) is 9.59 Å². The van der Waals surface area contributed by atoms with Gasteiger partial charge in [-0.3, -0.25) is 14.5 Å². The molecule has 4 amide bonds. The van der Waals surface area contributed by atoms with Gasteiger partial charge in [-0.1, -0.05) is 0 Å². The first-order chi connectivity index (χ1) is 9.81. The monoisotopic (exact) mass is 299 g/mol. The molecule has 9 nitrogen and oxygen atoms in total. The van der Waals surface area contributed by atoms with Gasteiger partial charge in [0, 0.05) is 26.4 Å². The van der Waals surface area contributed by atoms with Gasteiger partial charge in [0.15, 0.2) is 0 Å². The fourth-order valence-electron chi connectivity index (χ4n) is 2.55. The summed E-state index contributed by atoms with van der Waals surface area (Å²) in [5, 5.41) is 21.0. The first-order valence-electron chi connectivity index (χ1n) is 6.59. The number of urea groups is 1. The molecule has 3 atom stereocenters. The number of nitrogens with zero attached hydrogens (tertiary/aromatic N) is 2. The minimum absolute atomic E-state index is 0.0419. The molecule has 1 unspecified atom stereocenters. The van der Waals surface area contributed by atoms with Crippen LogP contribution in [0.2, 0.25) is 0 Å². The molecule has 2 heterocycles. The van der Waals surface area contributed by atoms with Gasteiger partial charge in [-0.15, -0.1) is 0 Å². The molecule has 3 N–H and O–H groups in total. The SMILES string of the molecule is CN1C(=O)CCC(NC(=O)N2C[C@@H](O)C[C@H]2C(=O)O)C1=O. The maximum atomic E-state index is 12.1. The maximum absolute atomic E-state index is 12.1. The van der Waals surface area contributed by atoms with Gasteiger partial charge in [0.25, 0.3) is 5.91 Å². The summed E-state index contributed by atoms with van der Waals surface area (Å²) in [7, 11) is 1.34. The van der Waals surface area contributed by atoms with Crippen molar-refractivity contribution >= 4 is 23.8 Å². The van der Waals surface area contributed by atoms with Crippen LogP contribution in [0.3, 0.4) is 0 Å². The number of aliphatic carboxylic acids is 1. The highest BCUT2D eigenvalue weighted by Gasteiger charge is 2.41. The van der Waals surface area contributed by atoms with Crippen molar-refractivity contribution in [3.63, 3.8) is 0 Å². The topological polar surface area (TPSA) is 127 Å². The standard InChI is InChI=1S/C12H17N3O6/c1-14-9(17)3-2-7(10(14)18)13-12(21)15-5-6(16)4-8(15)11(19)20/h6-8,16H,2-5H2,1H3,(H,13,21)(H,19,20)/t6-,7?,8-/m0/s1. The lowest BCUT2D eigenvalue weighted by molar-refractivity contribution is -0.147. The maximum Gasteiger partial charge on any atom is 0.326 e. The number of piperidine rings is 1. The molecule has 2 aliphatic rings. The number of aliphatic hydroxyl groups is 1. The molecular formula is C12H17N3O6. The molecule has 0 saturated carbocycles. The fourth-order valence-corrected chi connectivity index (χ4v) is 2.55. The highest BCUT2D eigenvalue weighted by atomic mass is 16.4. The number of rotatable bonds is 2. The van der Waals surface area contributed by atoms with Crippen molar-refractivity contribution in [3.8, 4) is 0 Å². The second kappa shape index (κ2) is 5.68. The summed E-state index contributed by atoms with van der Waals surface area (Å²) in [4.78, 5) is 48.3. The van der Waals surface area contributed by atoms with Crippen LogP contribution in [-0.2, 0) is 14.4 Å². The average Bonchev–Trinajstić information content (AvgIpc) is 2.82. The van der Waals surface area contributed by atoms with E-state index in [4.69, 9.17) is 5.11 Å². The number of carbonyl (C=O) groups excluding carboxylic acids is 3. The lowest BCUT2D eigenvalue weighted by Crippen LogP contribution is -2.56. The van der Waals surface area contributed by atoms with Crippen molar-refractivity contribution in [1.82, 2.24) is 15.1 Å². The van der Waals surface area contributed by atoms with E-state index in [1.54, 1.807) is 0 Å². The quantitative estimate of drug-likeness (QED) is 0.525. The molecule has 0 aromatic carbocycles. The van der Waals surface area contributed by atoms with Crippen molar-refractivity contribution in [2.24, 2.45) is 0 Å². The van der Waals surface area contributed by atoms with E-state index in [1.807, 2.05) is 0 Å². The Balaban J connectivity index is 2.02. The summed E-state index contributed by atoms with van der Waals surface area (Å²) in [6.45, 7) is -0.0987. The number of likely N-dealkylation sites (N-methyl/N-ethyl adjacent to an activating group) is 1. The van der Waals surface area contributed by atoms with Crippen LogP contribution in [0.5, 0.6) is 0 Å². The van der Waals surface area contributed by atoms with Gasteiger partial charge in [-0.2, -0.15) is 0 Å². The molecule has 0 aliphatic carbocycles. The van der Waals surface area contributed by atoms with Crippen LogP contribution in [0.15, 0.2) is 0 Å². The second-order valence-electron chi connectivity index (χ2n) is 5.23. The highest BCUT2D eigenvalue weighted by molar-refractivity contribution is 6.01. The summed E-state index contributed by atoms with van der Waals surface area (Å²) in [6.07, 6.45) is -0.622. The van der Waals surface area contributed by atoms with E-state index in [9.17, 15) is 24.3 Å². The van der Waals surface area contributed by atoms with E-state index in [2.05, 4.69) is 5.32 Å². The van der Waals surface area contributed by atoms with Crippen LogP contribution in [0.25, 0.3) is 0 Å². The van der Waals surface area contributed by atoms with Crippen LogP contribution in [0.4, 0.5) is 4.79 Å². The minimum atomic E-state index is -1.20. The highest BCUT2D eigenvalue weighted by Crippen LogP contribution is 2.19. The number of likely N-dealkylation sites (tertiary alicyclic amines) is 2. The molecule has 2 aliphatic heterocycles. The number of imide groups is 1. The molecule has 0 radical (unpaired) electrons. The van der Waals surface area contributed by atoms with Crippen molar-refractivity contribution in [2.45, 2.75) is 37.5 Å². The Kier molecular flexibility index (Phi) is 4.12. The number of aliphatic hydroxyl groups excluding tert-OH is 1. The average molecular weight is 299 g/mol. The van der Waals surface area contributed by atoms with Crippen LogP contribution < -0.4 is 5.32 Å². The molecule has 116 valence electrons. The molecule has 0 aromatic rings. The second-order valence-corrected chi connectivity index (χ2v) is 5.23. The van der Waals surface area contributed by atoms with Gasteiger partial charge in [0.2, 0.25) is 5.91 Å². The Morgan fingerprint density at radius 1 is 1.33 bits per heavy atom. The summed E-state index contributed by atoms with van der Waals surface area (Å²) in [5.74, 6) is -2.04. The number of nitrogens with one attached hydrogen (secondary N) is 1. The lowest BCUT2D eigenvalue weighted by atomic mass is 10.1. The number of hydrogen-bond acceptors (Lipinski definition) is 5. The third-order valence-corrected chi connectivity index (χ3v) is 3.77. The molecule has 9 heteroatoms. The van der Waals surface area contributed by atoms with Gasteiger partial charge >= 0.3 is 12.0 Å². The molecule has 2 saturated heterocycles. The van der Waals surface area contributed by atoms with Gasteiger partial charge in [0.1, 0.15) is 12.1 Å². The van der Waals surface area contributed by atoms with Crippen molar-refractivity contribution in [1.29, 1.82) is 0 Å². The Morgan fingerprint density at radius 3 is 2.62 bits per heavy atom. The predicted molar refractivity (Wildman–Crippen MR) is 68.1 cm³/mol. The van der Waals surface area contributed by atoms with Gasteiger partial charge in [-0.05, 0) is 6.42 Å². The third kappa shape index (κ3) is 2.97. The molecule has 21 heavy (non-hydrogen) atoms. The lowest BCUT2D eigenvalue weighted by Gasteiger charge is -2.30. The van der Waals surface area contributed by atoms with E-state index in [0.29, 0.717) is 0 Å². The number of hydrogen-bond donors (Lipinski definition) is 3. The van der Waals surface area contributed by atoms with Crippen LogP contribution >= 0.6 is 0 Å². The first kappa shape index (κ1) is 15.2. The number of β-amino-alcohol motifs (C(OH)–C–C–N with tert-alkyl or cyclic N) is 1. The van der Waals surface area contributed by atoms with E-state index in [-0.39, 0.29) is 31.7 Å². The zero-order valence-corrected chi connectivity index (χ0v) is 11.5. The van der Waals surface area contributed by atoms with Gasteiger partial charge < -0.3 is 20.4 Å². The van der Waals surface area contributed by atoms with Crippen molar-refractivity contribution in [3.05, 3.63) is 0 Å². The molecule has 2 rings (SSSR count). The molecule has 2 fully saturated rings. The zero-order chi connectivity index (χ0) is 15.7. The fraction of sp³-hybridized carbons (Fsp3) is 0.667. The van der Waals surface area contributed by atoms with E-state index in [1.165, 1.54) is 7.05 Å². The molecule has 0 bridgehead atoms. The Bertz CT molecular complexity index is 493. The number of carboxylic acid groups (broad SMARTS) is 1. The number of carboxylic acids is 1. The van der Waals surface area contributed by atoms with Crippen LogP contribution in [0.1, 0.15) is 19.3 Å². The third-order valence-electron chi connectivity index (χ3n) is 3.77. The van der Waals surface area contributed by atoms with E-state index < -0.39 is 36.1 Å². The largest absolute Gasteiger partial charge is 0.480 e. The Morgan fingerprint density at radius 2 is 2.00 bits per heavy atom. The summed E-state index contributed by atoms with van der Waals surface area (Å²) in [6, 6.07) is -2.69. The zero-order valence-electron chi connectivity index (χ0n) is 11.5. The molecule has 0 aromatic heterocycles. The van der Waals surface area contributed by atoms with Crippen LogP contribution in [0, 0.1) is 0 Å². The van der Waals surface area contributed by atoms with Crippen LogP contribution in [-0.4, -0.2) is 75.6 Å². The van der Waals surface area contributed by atoms with E-state index in [0.717, 1.165) is 9.80 Å². The predicted octanol–water partition coefficient (Wildman–Crippen LogP) is -1.64. The molecule has 0 spiro atoms. The van der Waals surface area contributed by atoms with Crippen molar-refractivity contribution in [2.75, 3.05) is 13.6 Å². The first-order valence-corrected chi connectivity index (χ1v) is 6.59. The summed E-state index contributed by atoms with van der Waals surface area (Å²) in [5.41, 5.74) is 0. The Labute approximate surface area is 120 Å².